The van der Waals surface area contributed by atoms with Crippen LogP contribution in [0.1, 0.15) is 22.5 Å². The molecule has 1 saturated heterocycles. The van der Waals surface area contributed by atoms with E-state index in [1.165, 1.54) is 0 Å². The van der Waals surface area contributed by atoms with Crippen molar-refractivity contribution in [2.45, 2.75) is 13.3 Å². The Kier molecular flexibility index (Phi) is 6.19. The summed E-state index contributed by atoms with van der Waals surface area (Å²) >= 11 is 0. The molecular formula is C25H27N5O3. The first-order chi connectivity index (χ1) is 16.2. The molecule has 8 nitrogen and oxygen atoms in total. The summed E-state index contributed by atoms with van der Waals surface area (Å²) in [6.45, 7) is 7.00. The quantitative estimate of drug-likeness (QED) is 0.439. The van der Waals surface area contributed by atoms with Gasteiger partial charge in [-0.15, -0.1) is 0 Å². The van der Waals surface area contributed by atoms with Crippen LogP contribution in [0.4, 0.5) is 0 Å². The number of aryl methyl sites for hydroxylation is 1. The van der Waals surface area contributed by atoms with E-state index < -0.39 is 0 Å². The van der Waals surface area contributed by atoms with Crippen molar-refractivity contribution in [3.05, 3.63) is 66.2 Å². The van der Waals surface area contributed by atoms with Gasteiger partial charge in [-0.05, 0) is 32.0 Å². The normalized spacial score (nSPS) is 14.6. The highest BCUT2D eigenvalue weighted by Gasteiger charge is 2.19. The van der Waals surface area contributed by atoms with Gasteiger partial charge >= 0.3 is 0 Å². The molecule has 1 aromatic carbocycles. The smallest absolute Gasteiger partial charge is 0.251 e. The van der Waals surface area contributed by atoms with Gasteiger partial charge in [0.25, 0.3) is 5.91 Å². The van der Waals surface area contributed by atoms with E-state index in [-0.39, 0.29) is 5.91 Å². The first-order valence-corrected chi connectivity index (χ1v) is 11.3. The van der Waals surface area contributed by atoms with Gasteiger partial charge in [-0.25, -0.2) is 4.98 Å². The van der Waals surface area contributed by atoms with Crippen LogP contribution < -0.4 is 5.32 Å². The summed E-state index contributed by atoms with van der Waals surface area (Å²) in [4.78, 5) is 19.8. The van der Waals surface area contributed by atoms with E-state index in [1.807, 2.05) is 66.2 Å². The van der Waals surface area contributed by atoms with Crippen LogP contribution in [-0.2, 0) is 4.74 Å². The van der Waals surface area contributed by atoms with Gasteiger partial charge in [0.05, 0.1) is 24.5 Å². The number of hydrogen-bond acceptors (Lipinski definition) is 6. The van der Waals surface area contributed by atoms with Crippen molar-refractivity contribution in [2.24, 2.45) is 0 Å². The predicted molar refractivity (Wildman–Crippen MR) is 125 cm³/mol. The molecule has 0 saturated carbocycles. The largest absolute Gasteiger partial charge is 0.379 e. The number of nitrogens with one attached hydrogen (secondary N) is 1. The number of carbonyl (C=O) groups excluding carboxylic acids is 1. The number of hydrogen-bond donors (Lipinski definition) is 1. The Morgan fingerprint density at radius 2 is 1.97 bits per heavy atom. The summed E-state index contributed by atoms with van der Waals surface area (Å²) in [6.07, 6.45) is 4.71. The van der Waals surface area contributed by atoms with Gasteiger partial charge in [0.1, 0.15) is 17.1 Å². The van der Waals surface area contributed by atoms with Gasteiger partial charge in [0.2, 0.25) is 0 Å². The van der Waals surface area contributed by atoms with Crippen molar-refractivity contribution in [2.75, 3.05) is 39.4 Å². The summed E-state index contributed by atoms with van der Waals surface area (Å²) in [6, 6.07) is 13.5. The van der Waals surface area contributed by atoms with Crippen LogP contribution >= 0.6 is 0 Å². The average Bonchev–Trinajstić information content (AvgIpc) is 3.45. The van der Waals surface area contributed by atoms with Crippen LogP contribution in [0, 0.1) is 6.92 Å². The first-order valence-electron chi connectivity index (χ1n) is 11.3. The van der Waals surface area contributed by atoms with Crippen LogP contribution in [0.25, 0.3) is 28.2 Å². The number of pyridine rings is 1. The van der Waals surface area contributed by atoms with E-state index in [0.29, 0.717) is 23.5 Å². The molecule has 0 radical (unpaired) electrons. The number of benzene rings is 1. The zero-order valence-corrected chi connectivity index (χ0v) is 18.7. The highest BCUT2D eigenvalue weighted by molar-refractivity contribution is 5.95. The van der Waals surface area contributed by atoms with Gasteiger partial charge in [-0.1, -0.05) is 35.5 Å². The monoisotopic (exact) mass is 445 g/mol. The highest BCUT2D eigenvalue weighted by Crippen LogP contribution is 2.33. The standard InChI is InChI=1S/C25H27N5O3/c1-18-23(24(28-33-18)19-6-3-2-4-7-19)21-17-30-11-8-20(16-22(30)27-21)25(31)26-9-5-10-29-12-14-32-15-13-29/h2-4,6-8,11,16-17H,5,9-10,12-15H2,1H3,(H,26,31). The lowest BCUT2D eigenvalue weighted by Gasteiger charge is -2.26. The molecular weight excluding hydrogens is 418 g/mol. The molecule has 1 fully saturated rings. The number of morpholine rings is 1. The third-order valence-electron chi connectivity index (χ3n) is 5.93. The number of fused-ring (bicyclic) bond motifs is 1. The molecule has 33 heavy (non-hydrogen) atoms. The van der Waals surface area contributed by atoms with Gasteiger partial charge in [0.15, 0.2) is 0 Å². The Morgan fingerprint density at radius 1 is 1.15 bits per heavy atom. The number of carbonyl (C=O) groups is 1. The van der Waals surface area contributed by atoms with Gasteiger partial charge in [-0.3, -0.25) is 9.69 Å². The van der Waals surface area contributed by atoms with E-state index in [0.717, 1.165) is 61.8 Å². The zero-order valence-electron chi connectivity index (χ0n) is 18.7. The van der Waals surface area contributed by atoms with Gasteiger partial charge in [-0.2, -0.15) is 0 Å². The summed E-state index contributed by atoms with van der Waals surface area (Å²) in [7, 11) is 0. The molecule has 0 spiro atoms. The van der Waals surface area contributed by atoms with Crippen LogP contribution in [0.2, 0.25) is 0 Å². The molecule has 1 amide bonds. The van der Waals surface area contributed by atoms with Crippen LogP contribution in [0.3, 0.4) is 0 Å². The molecule has 170 valence electrons. The van der Waals surface area contributed by atoms with E-state index in [9.17, 15) is 4.79 Å². The SMILES string of the molecule is Cc1onc(-c2ccccc2)c1-c1cn2ccc(C(=O)NCCCN3CCOCC3)cc2n1. The number of aromatic nitrogens is 3. The number of ether oxygens (including phenoxy) is 1. The Hall–Kier alpha value is -3.49. The van der Waals surface area contributed by atoms with Crippen LogP contribution in [0.5, 0.6) is 0 Å². The minimum Gasteiger partial charge on any atom is -0.379 e. The van der Waals surface area contributed by atoms with E-state index in [2.05, 4.69) is 15.4 Å². The van der Waals surface area contributed by atoms with Crippen molar-refractivity contribution in [1.82, 2.24) is 24.8 Å². The Balaban J connectivity index is 1.29. The second-order valence-corrected chi connectivity index (χ2v) is 8.20. The van der Waals surface area contributed by atoms with Gasteiger partial charge < -0.3 is 19.0 Å². The highest BCUT2D eigenvalue weighted by atomic mass is 16.5. The topological polar surface area (TPSA) is 84.9 Å². The third kappa shape index (κ3) is 4.67. The second-order valence-electron chi connectivity index (χ2n) is 8.20. The van der Waals surface area contributed by atoms with Crippen molar-refractivity contribution >= 4 is 11.6 Å². The Morgan fingerprint density at radius 3 is 2.79 bits per heavy atom. The lowest BCUT2D eigenvalue weighted by Crippen LogP contribution is -2.38. The van der Waals surface area contributed by atoms with Crippen molar-refractivity contribution in [1.29, 1.82) is 0 Å². The maximum atomic E-state index is 12.7. The van der Waals surface area contributed by atoms with Crippen LogP contribution in [0.15, 0.2) is 59.4 Å². The van der Waals surface area contributed by atoms with Gasteiger partial charge in [0, 0.05) is 43.2 Å². The lowest BCUT2D eigenvalue weighted by atomic mass is 10.0. The van der Waals surface area contributed by atoms with Crippen molar-refractivity contribution < 1.29 is 14.1 Å². The van der Waals surface area contributed by atoms with E-state index >= 15 is 0 Å². The van der Waals surface area contributed by atoms with Crippen LogP contribution in [-0.4, -0.2) is 64.7 Å². The number of imidazole rings is 1. The fourth-order valence-electron chi connectivity index (χ4n) is 4.14. The van der Waals surface area contributed by atoms with Crippen molar-refractivity contribution in [3.8, 4) is 22.5 Å². The Labute approximate surface area is 192 Å². The maximum Gasteiger partial charge on any atom is 0.251 e. The Bertz CT molecular complexity index is 1240. The summed E-state index contributed by atoms with van der Waals surface area (Å²) in [5.74, 6) is 0.616. The average molecular weight is 446 g/mol. The molecule has 1 aliphatic rings. The maximum absolute atomic E-state index is 12.7. The lowest BCUT2D eigenvalue weighted by molar-refractivity contribution is 0.0374. The minimum atomic E-state index is -0.0878. The molecule has 5 rings (SSSR count). The zero-order chi connectivity index (χ0) is 22.6. The summed E-state index contributed by atoms with van der Waals surface area (Å²) < 4.78 is 12.8. The van der Waals surface area contributed by atoms with E-state index in [4.69, 9.17) is 14.2 Å². The number of rotatable bonds is 7. The first kappa shape index (κ1) is 21.4. The summed E-state index contributed by atoms with van der Waals surface area (Å²) in [5.41, 5.74) is 4.64. The van der Waals surface area contributed by atoms with Crippen molar-refractivity contribution in [3.63, 3.8) is 0 Å². The molecule has 1 N–H and O–H groups in total. The molecule has 0 bridgehead atoms. The summed E-state index contributed by atoms with van der Waals surface area (Å²) in [5, 5.41) is 7.27. The second kappa shape index (κ2) is 9.56. The fraction of sp³-hybridized carbons (Fsp3) is 0.320. The molecule has 4 aromatic rings. The molecule has 0 atom stereocenters. The minimum absolute atomic E-state index is 0.0878. The number of amides is 1. The molecule has 1 aliphatic heterocycles. The molecule has 4 heterocycles. The molecule has 0 unspecified atom stereocenters. The third-order valence-corrected chi connectivity index (χ3v) is 5.93. The fourth-order valence-corrected chi connectivity index (χ4v) is 4.14. The predicted octanol–water partition coefficient (Wildman–Crippen LogP) is 3.42. The molecule has 0 aliphatic carbocycles. The number of nitrogens with zero attached hydrogens (tertiary/aromatic N) is 4. The van der Waals surface area contributed by atoms with E-state index in [1.54, 1.807) is 0 Å². The molecule has 3 aromatic heterocycles. The molecule has 8 heteroatoms.